The number of hydrogen-bond donors (Lipinski definition) is 2. The summed E-state index contributed by atoms with van der Waals surface area (Å²) in [4.78, 5) is 18.2. The number of ether oxygens (including phenoxy) is 2. The van der Waals surface area contributed by atoms with Gasteiger partial charge in [0.1, 0.15) is 46.8 Å². The largest absolute Gasteiger partial charge is 0.508 e. The number of piperazine rings is 1. The van der Waals surface area contributed by atoms with Crippen molar-refractivity contribution in [2.75, 3.05) is 57.4 Å². The molecule has 0 spiro atoms. The highest BCUT2D eigenvalue weighted by molar-refractivity contribution is 6.04. The average Bonchev–Trinajstić information content (AvgIpc) is 3.84. The van der Waals surface area contributed by atoms with E-state index in [1.165, 1.54) is 24.3 Å². The molecule has 12 heteroatoms. The number of halogens is 3. The zero-order valence-corrected chi connectivity index (χ0v) is 25.2. The molecule has 2 aromatic carbocycles. The van der Waals surface area contributed by atoms with Crippen molar-refractivity contribution in [2.45, 2.75) is 37.9 Å². The fourth-order valence-electron chi connectivity index (χ4n) is 7.13. The van der Waals surface area contributed by atoms with E-state index in [1.54, 1.807) is 0 Å². The molecule has 0 amide bonds. The molecular weight excluding hydrogens is 597 g/mol. The van der Waals surface area contributed by atoms with Crippen LogP contribution in [-0.2, 0) is 0 Å². The topological polar surface area (TPSA) is 95.9 Å². The molecule has 2 atom stereocenters. The van der Waals surface area contributed by atoms with Crippen LogP contribution in [0, 0.1) is 29.4 Å². The second-order valence-corrected chi connectivity index (χ2v) is 12.9. The van der Waals surface area contributed by atoms with Crippen LogP contribution in [0.4, 0.5) is 19.0 Å². The molecule has 4 aliphatic rings. The highest BCUT2D eigenvalue weighted by Gasteiger charge is 2.46. The molecule has 238 valence electrons. The quantitative estimate of drug-likeness (QED) is 0.297. The second kappa shape index (κ2) is 11.2. The van der Waals surface area contributed by atoms with E-state index >= 15 is 4.39 Å². The molecule has 0 radical (unpaired) electrons. The van der Waals surface area contributed by atoms with E-state index in [4.69, 9.17) is 20.9 Å². The van der Waals surface area contributed by atoms with Crippen LogP contribution in [0.25, 0.3) is 32.9 Å². The number of rotatable bonds is 6. The molecule has 2 N–H and O–H groups in total. The summed E-state index contributed by atoms with van der Waals surface area (Å²) in [6.07, 6.45) is 8.22. The molecule has 8 rings (SSSR count). The van der Waals surface area contributed by atoms with E-state index in [0.717, 1.165) is 32.4 Å². The van der Waals surface area contributed by atoms with E-state index < -0.39 is 17.8 Å². The van der Waals surface area contributed by atoms with E-state index in [1.807, 2.05) is 0 Å². The van der Waals surface area contributed by atoms with Gasteiger partial charge in [-0.2, -0.15) is 9.97 Å². The molecular formula is C34H33F3N6O3. The lowest BCUT2D eigenvalue weighted by molar-refractivity contribution is 0.0974. The highest BCUT2D eigenvalue weighted by Crippen LogP contribution is 2.48. The number of nitrogens with one attached hydrogen (secondary N) is 1. The van der Waals surface area contributed by atoms with Crippen LogP contribution in [0.15, 0.2) is 24.3 Å². The molecule has 9 nitrogen and oxygen atoms in total. The van der Waals surface area contributed by atoms with Crippen molar-refractivity contribution in [3.8, 4) is 41.2 Å². The first-order valence-electron chi connectivity index (χ1n) is 15.8. The standard InChI is InChI=1S/C34H33F3N6O3/c1-2-23-25(36)6-5-19-12-22(44)13-24(26(19)23)29-28(37)30-27-31(43-11-9-38-14-21(43)16-45-32(27)39-29)41-33(40-30)46-18-34(7-8-34)17-42-10-3-4-20(35)15-42/h1,5-6,12-13,20-21,38,44H,3-4,7-11,14-18H2/t20-,21+/m1/s1. The van der Waals surface area contributed by atoms with Gasteiger partial charge in [-0.3, -0.25) is 4.90 Å². The first-order chi connectivity index (χ1) is 22.3. The van der Waals surface area contributed by atoms with Gasteiger partial charge >= 0.3 is 6.01 Å². The number of phenols is 1. The van der Waals surface area contributed by atoms with Crippen LogP contribution in [0.1, 0.15) is 31.2 Å². The van der Waals surface area contributed by atoms with Gasteiger partial charge in [0.25, 0.3) is 0 Å². The van der Waals surface area contributed by atoms with Gasteiger partial charge in [0.05, 0.1) is 18.2 Å². The number of terminal acetylenes is 1. The van der Waals surface area contributed by atoms with Crippen molar-refractivity contribution in [3.05, 3.63) is 41.5 Å². The van der Waals surface area contributed by atoms with Gasteiger partial charge in [0, 0.05) is 49.1 Å². The van der Waals surface area contributed by atoms with Gasteiger partial charge in [-0.05, 0) is 55.8 Å². The van der Waals surface area contributed by atoms with Crippen molar-refractivity contribution in [3.63, 3.8) is 0 Å². The Labute approximate surface area is 263 Å². The summed E-state index contributed by atoms with van der Waals surface area (Å²) in [5.74, 6) is 1.35. The minimum Gasteiger partial charge on any atom is -0.508 e. The number of nitrogens with zero attached hydrogens (tertiary/aromatic N) is 5. The van der Waals surface area contributed by atoms with Crippen molar-refractivity contribution in [1.29, 1.82) is 0 Å². The molecule has 2 aromatic heterocycles. The second-order valence-electron chi connectivity index (χ2n) is 12.9. The Kier molecular flexibility index (Phi) is 7.06. The van der Waals surface area contributed by atoms with Crippen molar-refractivity contribution in [1.82, 2.24) is 25.2 Å². The third kappa shape index (κ3) is 5.02. The number of likely N-dealkylation sites (tertiary alicyclic amines) is 1. The Morgan fingerprint density at radius 2 is 2.02 bits per heavy atom. The highest BCUT2D eigenvalue weighted by atomic mass is 19.1. The number of pyridine rings is 1. The number of piperidine rings is 1. The number of benzene rings is 2. The summed E-state index contributed by atoms with van der Waals surface area (Å²) < 4.78 is 58.3. The van der Waals surface area contributed by atoms with Crippen LogP contribution in [0.3, 0.4) is 0 Å². The summed E-state index contributed by atoms with van der Waals surface area (Å²) in [6.45, 7) is 4.53. The van der Waals surface area contributed by atoms with Crippen LogP contribution < -0.4 is 19.7 Å². The Hall–Kier alpha value is -4.34. The van der Waals surface area contributed by atoms with E-state index in [2.05, 4.69) is 31.0 Å². The fraction of sp³-hybridized carbons (Fsp3) is 0.441. The normalized spacial score (nSPS) is 22.2. The Morgan fingerprint density at radius 3 is 2.83 bits per heavy atom. The smallest absolute Gasteiger partial charge is 0.319 e. The van der Waals surface area contributed by atoms with E-state index in [-0.39, 0.29) is 63.4 Å². The van der Waals surface area contributed by atoms with Gasteiger partial charge in [-0.25, -0.2) is 18.2 Å². The summed E-state index contributed by atoms with van der Waals surface area (Å²) in [5, 5.41) is 14.9. The van der Waals surface area contributed by atoms with Crippen LogP contribution >= 0.6 is 0 Å². The monoisotopic (exact) mass is 630 g/mol. The van der Waals surface area contributed by atoms with Gasteiger partial charge in [-0.1, -0.05) is 12.0 Å². The maximum absolute atomic E-state index is 16.9. The van der Waals surface area contributed by atoms with Gasteiger partial charge in [0.15, 0.2) is 5.82 Å². The fourth-order valence-corrected chi connectivity index (χ4v) is 7.13. The predicted molar refractivity (Wildman–Crippen MR) is 167 cm³/mol. The van der Waals surface area contributed by atoms with E-state index in [0.29, 0.717) is 55.8 Å². The number of aromatic nitrogens is 3. The molecule has 46 heavy (non-hydrogen) atoms. The average molecular weight is 631 g/mol. The SMILES string of the molecule is C#Cc1c(F)ccc2cc(O)cc(-c3nc4c5c(nc(OCC6(CN7CCC[C@@H](F)C7)CC6)nc5c3F)N3CCNC[C@H]3CO4)c12. The predicted octanol–water partition coefficient (Wildman–Crippen LogP) is 4.57. The van der Waals surface area contributed by atoms with Crippen molar-refractivity contribution >= 4 is 27.5 Å². The zero-order chi connectivity index (χ0) is 31.6. The molecule has 3 aliphatic heterocycles. The summed E-state index contributed by atoms with van der Waals surface area (Å²) >= 11 is 0. The molecule has 2 saturated heterocycles. The minimum absolute atomic E-state index is 0.0214. The van der Waals surface area contributed by atoms with Crippen LogP contribution in [-0.4, -0.2) is 89.7 Å². The third-order valence-corrected chi connectivity index (χ3v) is 9.67. The van der Waals surface area contributed by atoms with Gasteiger partial charge in [0.2, 0.25) is 5.88 Å². The first-order valence-corrected chi connectivity index (χ1v) is 15.8. The van der Waals surface area contributed by atoms with Crippen molar-refractivity contribution < 1.29 is 27.8 Å². The lowest BCUT2D eigenvalue weighted by Gasteiger charge is -2.35. The maximum atomic E-state index is 16.9. The molecule has 1 aliphatic carbocycles. The number of phenolic OH excluding ortho intramolecular Hbond substituents is 1. The van der Waals surface area contributed by atoms with Gasteiger partial charge < -0.3 is 24.8 Å². The lowest BCUT2D eigenvalue weighted by Crippen LogP contribution is -2.53. The Morgan fingerprint density at radius 1 is 1.15 bits per heavy atom. The summed E-state index contributed by atoms with van der Waals surface area (Å²) in [5.41, 5.74) is -0.344. The van der Waals surface area contributed by atoms with Gasteiger partial charge in [-0.15, -0.1) is 6.42 Å². The first kappa shape index (κ1) is 29.1. The Bertz CT molecular complexity index is 1910. The summed E-state index contributed by atoms with van der Waals surface area (Å²) in [6, 6.07) is 5.35. The number of anilines is 1. The van der Waals surface area contributed by atoms with Crippen LogP contribution in [0.2, 0.25) is 0 Å². The molecule has 3 fully saturated rings. The van der Waals surface area contributed by atoms with E-state index in [9.17, 15) is 13.9 Å². The maximum Gasteiger partial charge on any atom is 0.319 e. The number of aromatic hydroxyl groups is 1. The molecule has 4 aromatic rings. The number of hydrogen-bond acceptors (Lipinski definition) is 9. The Balaban J connectivity index is 1.25. The minimum atomic E-state index is -0.808. The molecule has 1 saturated carbocycles. The summed E-state index contributed by atoms with van der Waals surface area (Å²) in [7, 11) is 0. The third-order valence-electron chi connectivity index (χ3n) is 9.67. The molecule has 5 heterocycles. The van der Waals surface area contributed by atoms with Crippen LogP contribution in [0.5, 0.6) is 17.6 Å². The number of alkyl halides is 1. The zero-order valence-electron chi connectivity index (χ0n) is 25.2. The molecule has 0 unspecified atom stereocenters. The van der Waals surface area contributed by atoms with Crippen molar-refractivity contribution in [2.24, 2.45) is 5.41 Å². The molecule has 0 bridgehead atoms. The lowest BCUT2D eigenvalue weighted by atomic mass is 9.95. The number of fused-ring (bicyclic) bond motifs is 3.